The number of fused-ring (bicyclic) bond motifs is 1. The number of aromatic nitrogens is 3. The maximum absolute atomic E-state index is 11.9. The molecule has 0 fully saturated rings. The van der Waals surface area contributed by atoms with Crippen molar-refractivity contribution in [2.24, 2.45) is 0 Å². The average molecular weight is 333 g/mol. The summed E-state index contributed by atoms with van der Waals surface area (Å²) in [7, 11) is 0. The van der Waals surface area contributed by atoms with Crippen LogP contribution < -0.4 is 16.4 Å². The molecule has 0 bridgehead atoms. The first-order valence-electron chi connectivity index (χ1n) is 5.77. The van der Waals surface area contributed by atoms with Gasteiger partial charge in [0.1, 0.15) is 5.82 Å². The molecule has 0 unspecified atom stereocenters. The molecule has 0 aliphatic rings. The van der Waals surface area contributed by atoms with Gasteiger partial charge in [0.15, 0.2) is 0 Å². The van der Waals surface area contributed by atoms with E-state index in [-0.39, 0.29) is 11.1 Å². The van der Waals surface area contributed by atoms with E-state index in [0.717, 1.165) is 4.47 Å². The van der Waals surface area contributed by atoms with Crippen molar-refractivity contribution in [1.29, 1.82) is 0 Å². The Morgan fingerprint density at radius 2 is 1.85 bits per heavy atom. The number of hydrogen-bond acceptors (Lipinski definition) is 4. The van der Waals surface area contributed by atoms with Gasteiger partial charge in [0.2, 0.25) is 0 Å². The largest absolute Gasteiger partial charge is 0.340 e. The van der Waals surface area contributed by atoms with Gasteiger partial charge >= 0.3 is 0 Å². The maximum atomic E-state index is 11.9. The number of anilines is 2. The quantitative estimate of drug-likeness (QED) is 0.670. The van der Waals surface area contributed by atoms with Crippen molar-refractivity contribution in [1.82, 2.24) is 15.2 Å². The Kier molecular flexibility index (Phi) is 3.11. The minimum absolute atomic E-state index is 0.306. The summed E-state index contributed by atoms with van der Waals surface area (Å²) in [6.45, 7) is 0. The zero-order chi connectivity index (χ0) is 14.1. The van der Waals surface area contributed by atoms with Crippen LogP contribution in [-0.2, 0) is 0 Å². The van der Waals surface area contributed by atoms with Gasteiger partial charge in [-0.2, -0.15) is 0 Å². The fraction of sp³-hybridized carbons (Fsp3) is 0. The van der Waals surface area contributed by atoms with Crippen LogP contribution >= 0.6 is 15.9 Å². The fourth-order valence-corrected chi connectivity index (χ4v) is 2.16. The molecule has 0 saturated heterocycles. The van der Waals surface area contributed by atoms with E-state index >= 15 is 0 Å². The molecule has 0 atom stereocenters. The number of H-pyrrole nitrogens is 2. The molecule has 0 spiro atoms. The topological polar surface area (TPSA) is 90.6 Å². The number of benzene rings is 1. The minimum Gasteiger partial charge on any atom is -0.340 e. The lowest BCUT2D eigenvalue weighted by Crippen LogP contribution is -2.19. The van der Waals surface area contributed by atoms with E-state index in [2.05, 4.69) is 36.4 Å². The first-order valence-corrected chi connectivity index (χ1v) is 6.57. The number of aromatic amines is 2. The highest BCUT2D eigenvalue weighted by Gasteiger charge is 2.08. The molecule has 3 N–H and O–H groups in total. The maximum Gasteiger partial charge on any atom is 0.272 e. The third-order valence-corrected chi connectivity index (χ3v) is 3.28. The number of pyridine rings is 1. The molecule has 100 valence electrons. The summed E-state index contributed by atoms with van der Waals surface area (Å²) in [5, 5.41) is 8.29. The van der Waals surface area contributed by atoms with Gasteiger partial charge in [0.05, 0.1) is 16.5 Å². The lowest BCUT2D eigenvalue weighted by molar-refractivity contribution is 0.977. The van der Waals surface area contributed by atoms with Crippen molar-refractivity contribution in [3.8, 4) is 0 Å². The third-order valence-electron chi connectivity index (χ3n) is 2.82. The lowest BCUT2D eigenvalue weighted by Gasteiger charge is -2.07. The molecule has 3 rings (SSSR count). The van der Waals surface area contributed by atoms with Crippen molar-refractivity contribution in [3.05, 3.63) is 61.7 Å². The predicted octanol–water partition coefficient (Wildman–Crippen LogP) is 2.12. The van der Waals surface area contributed by atoms with Crippen molar-refractivity contribution >= 4 is 38.2 Å². The van der Waals surface area contributed by atoms with Gasteiger partial charge in [-0.05, 0) is 40.2 Å². The highest BCUT2D eigenvalue weighted by Crippen LogP contribution is 2.21. The van der Waals surface area contributed by atoms with Gasteiger partial charge in [-0.1, -0.05) is 6.07 Å². The lowest BCUT2D eigenvalue weighted by atomic mass is 10.1. The summed E-state index contributed by atoms with van der Waals surface area (Å²) in [5.41, 5.74) is -0.170. The zero-order valence-electron chi connectivity index (χ0n) is 10.1. The molecule has 7 heteroatoms. The van der Waals surface area contributed by atoms with Crippen LogP contribution in [-0.4, -0.2) is 15.2 Å². The van der Waals surface area contributed by atoms with Crippen LogP contribution in [0.5, 0.6) is 0 Å². The second-order valence-corrected chi connectivity index (χ2v) is 5.04. The summed E-state index contributed by atoms with van der Waals surface area (Å²) in [6.07, 6.45) is 1.64. The van der Waals surface area contributed by atoms with Crippen LogP contribution in [0.15, 0.2) is 50.6 Å². The van der Waals surface area contributed by atoms with E-state index in [1.165, 1.54) is 0 Å². The molecule has 6 nitrogen and oxygen atoms in total. The molecule has 3 aromatic rings. The Morgan fingerprint density at radius 1 is 1.05 bits per heavy atom. The average Bonchev–Trinajstić information content (AvgIpc) is 2.46. The van der Waals surface area contributed by atoms with Crippen molar-refractivity contribution < 1.29 is 0 Å². The number of nitrogens with zero attached hydrogens (tertiary/aromatic N) is 1. The van der Waals surface area contributed by atoms with Gasteiger partial charge in [-0.25, -0.2) is 4.98 Å². The van der Waals surface area contributed by atoms with E-state index in [1.807, 2.05) is 6.07 Å². The summed E-state index contributed by atoms with van der Waals surface area (Å²) >= 11 is 3.30. The van der Waals surface area contributed by atoms with E-state index in [1.54, 1.807) is 30.5 Å². The van der Waals surface area contributed by atoms with Gasteiger partial charge in [0, 0.05) is 10.7 Å². The fourth-order valence-electron chi connectivity index (χ4n) is 1.92. The predicted molar refractivity (Wildman–Crippen MR) is 80.4 cm³/mol. The van der Waals surface area contributed by atoms with Gasteiger partial charge in [-0.15, -0.1) is 0 Å². The van der Waals surface area contributed by atoms with Crippen molar-refractivity contribution in [2.75, 3.05) is 5.32 Å². The van der Waals surface area contributed by atoms with Gasteiger partial charge in [0.25, 0.3) is 11.1 Å². The van der Waals surface area contributed by atoms with E-state index in [4.69, 9.17) is 0 Å². The summed E-state index contributed by atoms with van der Waals surface area (Å²) in [4.78, 5) is 27.8. The Bertz CT molecular complexity index is 883. The number of halogens is 1. The highest BCUT2D eigenvalue weighted by atomic mass is 79.9. The Balaban J connectivity index is 2.17. The van der Waals surface area contributed by atoms with Gasteiger partial charge in [-0.3, -0.25) is 19.8 Å². The van der Waals surface area contributed by atoms with Crippen molar-refractivity contribution in [2.45, 2.75) is 0 Å². The monoisotopic (exact) mass is 332 g/mol. The molecule has 0 aliphatic carbocycles. The summed E-state index contributed by atoms with van der Waals surface area (Å²) in [5.74, 6) is 0.584. The standard InChI is InChI=1S/C13H9BrN4O2/c14-7-4-5-10(15-6-7)16-9-3-1-2-8-11(9)13(20)18-17-12(8)19/h1-6H,(H,15,16)(H,17,19)(H,18,20). The molecule has 0 radical (unpaired) electrons. The van der Waals surface area contributed by atoms with E-state index < -0.39 is 0 Å². The molecule has 0 saturated carbocycles. The van der Waals surface area contributed by atoms with E-state index in [0.29, 0.717) is 22.3 Å². The third kappa shape index (κ3) is 2.23. The number of rotatable bonds is 2. The number of hydrogen-bond donors (Lipinski definition) is 3. The van der Waals surface area contributed by atoms with E-state index in [9.17, 15) is 9.59 Å². The molecule has 0 aliphatic heterocycles. The first-order chi connectivity index (χ1) is 9.65. The zero-order valence-corrected chi connectivity index (χ0v) is 11.7. The highest BCUT2D eigenvalue weighted by molar-refractivity contribution is 9.10. The van der Waals surface area contributed by atoms with Crippen LogP contribution in [0.2, 0.25) is 0 Å². The summed E-state index contributed by atoms with van der Waals surface area (Å²) < 4.78 is 0.857. The molecule has 2 aromatic heterocycles. The molecule has 2 heterocycles. The second kappa shape index (κ2) is 4.93. The smallest absolute Gasteiger partial charge is 0.272 e. The van der Waals surface area contributed by atoms with Crippen LogP contribution in [0.3, 0.4) is 0 Å². The Hall–Kier alpha value is -2.41. The first kappa shape index (κ1) is 12.6. The van der Waals surface area contributed by atoms with Gasteiger partial charge < -0.3 is 5.32 Å². The van der Waals surface area contributed by atoms with Crippen LogP contribution in [0.25, 0.3) is 10.8 Å². The normalized spacial score (nSPS) is 10.7. The van der Waals surface area contributed by atoms with Crippen molar-refractivity contribution in [3.63, 3.8) is 0 Å². The second-order valence-electron chi connectivity index (χ2n) is 4.12. The Labute approximate surface area is 121 Å². The SMILES string of the molecule is O=c1[nH][nH]c(=O)c2c(Nc3ccc(Br)cn3)cccc12. The molecular formula is C13H9BrN4O2. The molecular weight excluding hydrogens is 324 g/mol. The minimum atomic E-state index is -0.361. The number of nitrogens with one attached hydrogen (secondary N) is 3. The summed E-state index contributed by atoms with van der Waals surface area (Å²) in [6, 6.07) is 8.63. The Morgan fingerprint density at radius 3 is 2.60 bits per heavy atom. The molecule has 20 heavy (non-hydrogen) atoms. The van der Waals surface area contributed by atoms with Crippen LogP contribution in [0, 0.1) is 0 Å². The van der Waals surface area contributed by atoms with Crippen LogP contribution in [0.1, 0.15) is 0 Å². The molecule has 1 aromatic carbocycles. The molecule has 0 amide bonds. The van der Waals surface area contributed by atoms with Crippen LogP contribution in [0.4, 0.5) is 11.5 Å².